The van der Waals surface area contributed by atoms with Crippen molar-refractivity contribution in [2.24, 2.45) is 0 Å². The fourth-order valence-electron chi connectivity index (χ4n) is 1.58. The molecule has 17 heavy (non-hydrogen) atoms. The molecule has 5 heteroatoms. The lowest BCUT2D eigenvalue weighted by atomic mass is 10.2. The average molecular weight is 235 g/mol. The second-order valence-electron chi connectivity index (χ2n) is 3.48. The highest BCUT2D eigenvalue weighted by molar-refractivity contribution is 5.89. The number of halogens is 1. The molecule has 1 N–H and O–H groups in total. The molecule has 90 valence electrons. The summed E-state index contributed by atoms with van der Waals surface area (Å²) in [7, 11) is 0. The number of rotatable bonds is 5. The van der Waals surface area contributed by atoms with E-state index in [-0.39, 0.29) is 5.82 Å². The fraction of sp³-hybridized carbons (Fsp3) is 0.333. The summed E-state index contributed by atoms with van der Waals surface area (Å²) in [5, 5.41) is 3.79. The molecule has 0 aliphatic carbocycles. The van der Waals surface area contributed by atoms with E-state index >= 15 is 0 Å². The van der Waals surface area contributed by atoms with Gasteiger partial charge < -0.3 is 10.1 Å². The van der Waals surface area contributed by atoms with E-state index in [4.69, 9.17) is 4.74 Å². The summed E-state index contributed by atoms with van der Waals surface area (Å²) in [4.78, 5) is 8.03. The molecule has 0 radical (unpaired) electrons. The quantitative estimate of drug-likeness (QED) is 0.807. The molecule has 0 aliphatic heterocycles. The maximum Gasteiger partial charge on any atom is 0.149 e. The van der Waals surface area contributed by atoms with Gasteiger partial charge in [-0.3, -0.25) is 0 Å². The number of hydrogen-bond acceptors (Lipinski definition) is 4. The van der Waals surface area contributed by atoms with Gasteiger partial charge in [-0.05, 0) is 19.1 Å². The van der Waals surface area contributed by atoms with Crippen molar-refractivity contribution in [3.8, 4) is 0 Å². The van der Waals surface area contributed by atoms with Gasteiger partial charge in [-0.15, -0.1) is 0 Å². The highest BCUT2D eigenvalue weighted by Crippen LogP contribution is 2.20. The summed E-state index contributed by atoms with van der Waals surface area (Å²) in [6, 6.07) is 4.83. The second-order valence-corrected chi connectivity index (χ2v) is 3.48. The van der Waals surface area contributed by atoms with E-state index in [9.17, 15) is 4.39 Å². The smallest absolute Gasteiger partial charge is 0.149 e. The lowest BCUT2D eigenvalue weighted by Crippen LogP contribution is -2.10. The van der Waals surface area contributed by atoms with Crippen LogP contribution in [0.15, 0.2) is 24.5 Å². The van der Waals surface area contributed by atoms with Crippen molar-refractivity contribution in [1.82, 2.24) is 9.97 Å². The summed E-state index contributed by atoms with van der Waals surface area (Å²) < 4.78 is 18.7. The first-order chi connectivity index (χ1) is 8.33. The standard InChI is InChI=1S/C12H14FN3O/c1-2-17-7-6-14-12-9-4-3-5-10(13)11(9)15-8-16-12/h3-5,8H,2,6-7H2,1H3,(H,14,15,16). The first kappa shape index (κ1) is 11.7. The SMILES string of the molecule is CCOCCNc1ncnc2c(F)cccc12. The van der Waals surface area contributed by atoms with Gasteiger partial charge in [0.2, 0.25) is 0 Å². The molecule has 0 spiro atoms. The van der Waals surface area contributed by atoms with Crippen molar-refractivity contribution in [3.05, 3.63) is 30.3 Å². The number of hydrogen-bond donors (Lipinski definition) is 1. The van der Waals surface area contributed by atoms with E-state index in [2.05, 4.69) is 15.3 Å². The van der Waals surface area contributed by atoms with Crippen molar-refractivity contribution >= 4 is 16.7 Å². The molecular weight excluding hydrogens is 221 g/mol. The molecule has 0 unspecified atom stereocenters. The number of anilines is 1. The number of ether oxygens (including phenoxy) is 1. The van der Waals surface area contributed by atoms with Crippen LogP contribution in [-0.4, -0.2) is 29.7 Å². The van der Waals surface area contributed by atoms with Gasteiger partial charge in [0.15, 0.2) is 0 Å². The molecule has 2 aromatic rings. The first-order valence-electron chi connectivity index (χ1n) is 5.53. The molecule has 0 bridgehead atoms. The summed E-state index contributed by atoms with van der Waals surface area (Å²) in [6.45, 7) is 3.85. The van der Waals surface area contributed by atoms with Crippen LogP contribution in [0.3, 0.4) is 0 Å². The third-order valence-corrected chi connectivity index (χ3v) is 2.36. The molecule has 0 atom stereocenters. The molecule has 1 aromatic carbocycles. The van der Waals surface area contributed by atoms with Gasteiger partial charge in [0.1, 0.15) is 23.5 Å². The van der Waals surface area contributed by atoms with Crippen LogP contribution in [0.5, 0.6) is 0 Å². The van der Waals surface area contributed by atoms with Crippen molar-refractivity contribution < 1.29 is 9.13 Å². The minimum atomic E-state index is -0.335. The van der Waals surface area contributed by atoms with Crippen LogP contribution in [0.1, 0.15) is 6.92 Å². The van der Waals surface area contributed by atoms with E-state index in [0.717, 1.165) is 0 Å². The maximum absolute atomic E-state index is 13.5. The van der Waals surface area contributed by atoms with E-state index in [1.54, 1.807) is 12.1 Å². The molecule has 0 saturated heterocycles. The Kier molecular flexibility index (Phi) is 3.82. The predicted molar refractivity (Wildman–Crippen MR) is 64.5 cm³/mol. The molecule has 4 nitrogen and oxygen atoms in total. The average Bonchev–Trinajstić information content (AvgIpc) is 2.36. The van der Waals surface area contributed by atoms with Gasteiger partial charge >= 0.3 is 0 Å². The van der Waals surface area contributed by atoms with Gasteiger partial charge in [0.25, 0.3) is 0 Å². The molecule has 0 aliphatic rings. The van der Waals surface area contributed by atoms with E-state index in [1.807, 2.05) is 6.92 Å². The fourth-order valence-corrected chi connectivity index (χ4v) is 1.58. The summed E-state index contributed by atoms with van der Waals surface area (Å²) in [5.41, 5.74) is 0.335. The molecule has 0 fully saturated rings. The van der Waals surface area contributed by atoms with Gasteiger partial charge in [0, 0.05) is 18.5 Å². The van der Waals surface area contributed by atoms with E-state index in [1.165, 1.54) is 12.4 Å². The van der Waals surface area contributed by atoms with Crippen molar-refractivity contribution in [2.75, 3.05) is 25.1 Å². The minimum Gasteiger partial charge on any atom is -0.380 e. The Morgan fingerprint density at radius 2 is 2.24 bits per heavy atom. The van der Waals surface area contributed by atoms with Crippen LogP contribution in [0.4, 0.5) is 10.2 Å². The molecule has 1 aromatic heterocycles. The Hall–Kier alpha value is -1.75. The zero-order valence-electron chi connectivity index (χ0n) is 9.61. The Bertz CT molecular complexity index is 504. The Morgan fingerprint density at radius 1 is 1.35 bits per heavy atom. The topological polar surface area (TPSA) is 47.0 Å². The zero-order valence-corrected chi connectivity index (χ0v) is 9.61. The van der Waals surface area contributed by atoms with Crippen LogP contribution >= 0.6 is 0 Å². The van der Waals surface area contributed by atoms with Gasteiger partial charge in [-0.1, -0.05) is 6.07 Å². The maximum atomic E-state index is 13.5. The molecule has 0 amide bonds. The van der Waals surface area contributed by atoms with Crippen LogP contribution < -0.4 is 5.32 Å². The number of nitrogens with zero attached hydrogens (tertiary/aromatic N) is 2. The number of aromatic nitrogens is 2. The largest absolute Gasteiger partial charge is 0.380 e. The summed E-state index contributed by atoms with van der Waals surface area (Å²) in [6.07, 6.45) is 1.36. The Balaban J connectivity index is 2.19. The summed E-state index contributed by atoms with van der Waals surface area (Å²) in [5.74, 6) is 0.298. The minimum absolute atomic E-state index is 0.335. The van der Waals surface area contributed by atoms with Gasteiger partial charge in [-0.25, -0.2) is 14.4 Å². The lowest BCUT2D eigenvalue weighted by Gasteiger charge is -2.08. The Labute approximate surface area is 98.8 Å². The van der Waals surface area contributed by atoms with E-state index < -0.39 is 0 Å². The number of nitrogens with one attached hydrogen (secondary N) is 1. The van der Waals surface area contributed by atoms with Crippen LogP contribution in [-0.2, 0) is 4.74 Å². The summed E-state index contributed by atoms with van der Waals surface area (Å²) >= 11 is 0. The van der Waals surface area contributed by atoms with Crippen molar-refractivity contribution in [1.29, 1.82) is 0 Å². The predicted octanol–water partition coefficient (Wildman–Crippen LogP) is 2.22. The molecule has 0 saturated carbocycles. The van der Waals surface area contributed by atoms with E-state index in [0.29, 0.717) is 36.5 Å². The number of para-hydroxylation sites is 1. The third kappa shape index (κ3) is 2.68. The van der Waals surface area contributed by atoms with Crippen molar-refractivity contribution in [3.63, 3.8) is 0 Å². The van der Waals surface area contributed by atoms with Crippen molar-refractivity contribution in [2.45, 2.75) is 6.92 Å². The third-order valence-electron chi connectivity index (χ3n) is 2.36. The van der Waals surface area contributed by atoms with Crippen LogP contribution in [0, 0.1) is 5.82 Å². The van der Waals surface area contributed by atoms with Crippen LogP contribution in [0.25, 0.3) is 10.9 Å². The van der Waals surface area contributed by atoms with Gasteiger partial charge in [0.05, 0.1) is 6.61 Å². The highest BCUT2D eigenvalue weighted by Gasteiger charge is 2.06. The van der Waals surface area contributed by atoms with Crippen LogP contribution in [0.2, 0.25) is 0 Å². The monoisotopic (exact) mass is 235 g/mol. The van der Waals surface area contributed by atoms with Gasteiger partial charge in [-0.2, -0.15) is 0 Å². The zero-order chi connectivity index (χ0) is 12.1. The lowest BCUT2D eigenvalue weighted by molar-refractivity contribution is 0.158. The molecular formula is C12H14FN3O. The number of fused-ring (bicyclic) bond motifs is 1. The first-order valence-corrected chi connectivity index (χ1v) is 5.53. The molecule has 2 rings (SSSR count). The second kappa shape index (κ2) is 5.54. The number of benzene rings is 1. The molecule has 1 heterocycles. The normalized spacial score (nSPS) is 10.7. The highest BCUT2D eigenvalue weighted by atomic mass is 19.1. The Morgan fingerprint density at radius 3 is 3.06 bits per heavy atom.